The molecule has 0 bridgehead atoms. The van der Waals surface area contributed by atoms with E-state index in [0.717, 1.165) is 32.1 Å². The highest BCUT2D eigenvalue weighted by Gasteiger charge is 2.35. The first-order chi connectivity index (χ1) is 10.0. The van der Waals surface area contributed by atoms with E-state index in [1.165, 1.54) is 7.11 Å². The van der Waals surface area contributed by atoms with Crippen molar-refractivity contribution in [3.63, 3.8) is 0 Å². The Kier molecular flexibility index (Phi) is 5.39. The van der Waals surface area contributed by atoms with Crippen LogP contribution in [0.25, 0.3) is 0 Å². The van der Waals surface area contributed by atoms with Gasteiger partial charge in [0.05, 0.1) is 17.7 Å². The number of phenols is 1. The number of ketones is 1. The molecule has 1 saturated carbocycles. The summed E-state index contributed by atoms with van der Waals surface area (Å²) in [5, 5.41) is 10.7. The van der Waals surface area contributed by atoms with E-state index in [2.05, 4.69) is 6.92 Å². The van der Waals surface area contributed by atoms with Crippen LogP contribution in [0.15, 0.2) is 0 Å². The number of carbonyl (C=O) groups is 1. The number of halogens is 2. The molecular weight excluding hydrogens is 311 g/mol. The molecule has 0 amide bonds. The Hall–Kier alpha value is -0.930. The molecule has 1 aromatic carbocycles. The van der Waals surface area contributed by atoms with Crippen LogP contribution >= 0.6 is 23.2 Å². The first-order valence-corrected chi connectivity index (χ1v) is 8.09. The van der Waals surface area contributed by atoms with E-state index in [4.69, 9.17) is 27.9 Å². The molecule has 0 atom stereocenters. The molecule has 0 unspecified atom stereocenters. The van der Waals surface area contributed by atoms with E-state index in [1.54, 1.807) is 0 Å². The summed E-state index contributed by atoms with van der Waals surface area (Å²) in [4.78, 5) is 12.5. The van der Waals surface area contributed by atoms with Crippen LogP contribution in [0.4, 0.5) is 0 Å². The standard InChI is InChI=1S/C16H20Cl2O3/c1-3-4-5-6-10(19)12-11(9-7-8-9)13(17)16(21-2)14(18)15(12)20/h9,20H,3-8H2,1-2H3. The van der Waals surface area contributed by atoms with Crippen molar-refractivity contribution >= 4 is 29.0 Å². The van der Waals surface area contributed by atoms with Crippen molar-refractivity contribution in [1.82, 2.24) is 0 Å². The van der Waals surface area contributed by atoms with Gasteiger partial charge in [-0.1, -0.05) is 43.0 Å². The Morgan fingerprint density at radius 1 is 1.29 bits per heavy atom. The number of aromatic hydroxyl groups is 1. The van der Waals surface area contributed by atoms with Gasteiger partial charge in [0.25, 0.3) is 0 Å². The smallest absolute Gasteiger partial charge is 0.166 e. The highest BCUT2D eigenvalue weighted by molar-refractivity contribution is 6.39. The Balaban J connectivity index is 2.46. The lowest BCUT2D eigenvalue weighted by Gasteiger charge is -2.17. The SMILES string of the molecule is CCCCCC(=O)c1c(O)c(Cl)c(OC)c(Cl)c1C1CC1. The number of carbonyl (C=O) groups excluding carboxylic acids is 1. The Bertz CT molecular complexity index is 551. The highest BCUT2D eigenvalue weighted by Crippen LogP contribution is 2.53. The average Bonchev–Trinajstić information content (AvgIpc) is 3.27. The monoisotopic (exact) mass is 330 g/mol. The number of phenolic OH excluding ortho intramolecular Hbond substituents is 1. The molecule has 0 heterocycles. The Morgan fingerprint density at radius 2 is 1.95 bits per heavy atom. The molecule has 0 aromatic heterocycles. The lowest BCUT2D eigenvalue weighted by atomic mass is 9.95. The van der Waals surface area contributed by atoms with E-state index >= 15 is 0 Å². The van der Waals surface area contributed by atoms with E-state index in [0.29, 0.717) is 22.6 Å². The molecular formula is C16H20Cl2O3. The molecule has 1 fully saturated rings. The maximum absolute atomic E-state index is 12.5. The molecule has 0 radical (unpaired) electrons. The van der Waals surface area contributed by atoms with Crippen LogP contribution in [-0.2, 0) is 0 Å². The molecule has 116 valence electrons. The zero-order chi connectivity index (χ0) is 15.6. The van der Waals surface area contributed by atoms with Gasteiger partial charge in [-0.05, 0) is 30.7 Å². The van der Waals surface area contributed by atoms with Gasteiger partial charge in [-0.2, -0.15) is 0 Å². The van der Waals surface area contributed by atoms with Gasteiger partial charge in [-0.3, -0.25) is 4.79 Å². The minimum absolute atomic E-state index is 0.0192. The van der Waals surface area contributed by atoms with Crippen LogP contribution in [0.5, 0.6) is 11.5 Å². The van der Waals surface area contributed by atoms with Crippen molar-refractivity contribution in [3.8, 4) is 11.5 Å². The van der Waals surface area contributed by atoms with Crippen molar-refractivity contribution in [1.29, 1.82) is 0 Å². The van der Waals surface area contributed by atoms with E-state index in [1.807, 2.05) is 0 Å². The number of unbranched alkanes of at least 4 members (excludes halogenated alkanes) is 2. The molecule has 2 rings (SSSR count). The zero-order valence-electron chi connectivity index (χ0n) is 12.3. The average molecular weight is 331 g/mol. The summed E-state index contributed by atoms with van der Waals surface area (Å²) in [6, 6.07) is 0. The van der Waals surface area contributed by atoms with Crippen molar-refractivity contribution in [3.05, 3.63) is 21.2 Å². The summed E-state index contributed by atoms with van der Waals surface area (Å²) in [6.45, 7) is 2.08. The predicted octanol–water partition coefficient (Wildman–Crippen LogP) is 5.35. The Labute approximate surface area is 135 Å². The molecule has 21 heavy (non-hydrogen) atoms. The van der Waals surface area contributed by atoms with Crippen molar-refractivity contribution in [2.24, 2.45) is 0 Å². The lowest BCUT2D eigenvalue weighted by molar-refractivity contribution is 0.0975. The van der Waals surface area contributed by atoms with Gasteiger partial charge < -0.3 is 9.84 Å². The van der Waals surface area contributed by atoms with Gasteiger partial charge in [0.15, 0.2) is 11.5 Å². The number of ether oxygens (including phenoxy) is 1. The second-order valence-corrected chi connectivity index (χ2v) is 6.21. The third kappa shape index (κ3) is 3.29. The van der Waals surface area contributed by atoms with Crippen molar-refractivity contribution in [2.45, 2.75) is 51.4 Å². The number of hydrogen-bond donors (Lipinski definition) is 1. The second kappa shape index (κ2) is 6.89. The minimum Gasteiger partial charge on any atom is -0.505 e. The fourth-order valence-electron chi connectivity index (χ4n) is 2.55. The topological polar surface area (TPSA) is 46.5 Å². The molecule has 3 nitrogen and oxygen atoms in total. The van der Waals surface area contributed by atoms with Gasteiger partial charge in [-0.15, -0.1) is 0 Å². The molecule has 1 aliphatic rings. The van der Waals surface area contributed by atoms with Crippen LogP contribution in [0, 0.1) is 0 Å². The van der Waals surface area contributed by atoms with Gasteiger partial charge in [-0.25, -0.2) is 0 Å². The third-order valence-corrected chi connectivity index (χ3v) is 4.55. The van der Waals surface area contributed by atoms with Crippen LogP contribution in [0.2, 0.25) is 10.0 Å². The van der Waals surface area contributed by atoms with E-state index < -0.39 is 0 Å². The van der Waals surface area contributed by atoms with Gasteiger partial charge in [0.2, 0.25) is 0 Å². The maximum atomic E-state index is 12.5. The lowest BCUT2D eigenvalue weighted by Crippen LogP contribution is -2.06. The van der Waals surface area contributed by atoms with E-state index in [-0.39, 0.29) is 28.2 Å². The molecule has 0 saturated heterocycles. The number of Topliss-reactive ketones (excluding diaryl/α,β-unsaturated/α-hetero) is 1. The highest BCUT2D eigenvalue weighted by atomic mass is 35.5. The predicted molar refractivity (Wildman–Crippen MR) is 85.1 cm³/mol. The molecule has 5 heteroatoms. The number of benzene rings is 1. The largest absolute Gasteiger partial charge is 0.505 e. The Morgan fingerprint density at radius 3 is 2.48 bits per heavy atom. The van der Waals surface area contributed by atoms with Gasteiger partial charge in [0.1, 0.15) is 10.8 Å². The normalized spacial score (nSPS) is 14.3. The quantitative estimate of drug-likeness (QED) is 0.541. The summed E-state index contributed by atoms with van der Waals surface area (Å²) in [7, 11) is 1.45. The van der Waals surface area contributed by atoms with Crippen LogP contribution in [-0.4, -0.2) is 18.0 Å². The summed E-state index contributed by atoms with van der Waals surface area (Å²) in [6.07, 6.45) is 5.18. The fraction of sp³-hybridized carbons (Fsp3) is 0.562. The van der Waals surface area contributed by atoms with Gasteiger partial charge in [0, 0.05) is 6.42 Å². The fourth-order valence-corrected chi connectivity index (χ4v) is 3.29. The molecule has 0 spiro atoms. The number of hydrogen-bond acceptors (Lipinski definition) is 3. The molecule has 1 N–H and O–H groups in total. The van der Waals surface area contributed by atoms with Crippen LogP contribution < -0.4 is 4.74 Å². The maximum Gasteiger partial charge on any atom is 0.166 e. The molecule has 1 aliphatic carbocycles. The van der Waals surface area contributed by atoms with Crippen molar-refractivity contribution in [2.75, 3.05) is 7.11 Å². The van der Waals surface area contributed by atoms with Crippen LogP contribution in [0.3, 0.4) is 0 Å². The minimum atomic E-state index is -0.193. The number of rotatable bonds is 7. The zero-order valence-corrected chi connectivity index (χ0v) is 13.9. The summed E-state index contributed by atoms with van der Waals surface area (Å²) in [5.41, 5.74) is 1.00. The van der Waals surface area contributed by atoms with Crippen LogP contribution in [0.1, 0.15) is 67.3 Å². The summed E-state index contributed by atoms with van der Waals surface area (Å²) < 4.78 is 5.17. The second-order valence-electron chi connectivity index (χ2n) is 5.45. The first kappa shape index (κ1) is 16.4. The number of methoxy groups -OCH3 is 1. The molecule has 0 aliphatic heterocycles. The van der Waals surface area contributed by atoms with Gasteiger partial charge >= 0.3 is 0 Å². The third-order valence-electron chi connectivity index (χ3n) is 3.83. The summed E-state index contributed by atoms with van der Waals surface area (Å²) in [5.74, 6) is 0.193. The summed E-state index contributed by atoms with van der Waals surface area (Å²) >= 11 is 12.5. The van der Waals surface area contributed by atoms with Crippen molar-refractivity contribution < 1.29 is 14.6 Å². The molecule has 1 aromatic rings. The van der Waals surface area contributed by atoms with E-state index in [9.17, 15) is 9.90 Å². The first-order valence-electron chi connectivity index (χ1n) is 7.33.